The summed E-state index contributed by atoms with van der Waals surface area (Å²) in [5, 5.41) is 2.05. The van der Waals surface area contributed by atoms with E-state index in [0.717, 1.165) is 44.4 Å². The molecule has 0 saturated carbocycles. The van der Waals surface area contributed by atoms with E-state index in [1.54, 1.807) is 0 Å². The van der Waals surface area contributed by atoms with Crippen LogP contribution in [-0.2, 0) is 11.3 Å². The Hall–Kier alpha value is -1.03. The summed E-state index contributed by atoms with van der Waals surface area (Å²) in [6.45, 7) is 5.87. The summed E-state index contributed by atoms with van der Waals surface area (Å²) in [7, 11) is 0. The van der Waals surface area contributed by atoms with Crippen molar-refractivity contribution in [3.63, 3.8) is 0 Å². The van der Waals surface area contributed by atoms with Gasteiger partial charge in [0.25, 0.3) is 0 Å². The monoisotopic (exact) mass is 264 g/mol. The highest BCUT2D eigenvalue weighted by atomic mass is 35.5. The summed E-state index contributed by atoms with van der Waals surface area (Å²) in [4.78, 5) is 2.44. The van der Waals surface area contributed by atoms with Gasteiger partial charge < -0.3 is 9.30 Å². The van der Waals surface area contributed by atoms with Crippen LogP contribution in [0.15, 0.2) is 30.5 Å². The average Bonchev–Trinajstić information content (AvgIpc) is 2.80. The minimum Gasteiger partial charge on any atom is -0.379 e. The lowest BCUT2D eigenvalue weighted by Gasteiger charge is -2.26. The van der Waals surface area contributed by atoms with E-state index < -0.39 is 0 Å². The van der Waals surface area contributed by atoms with Gasteiger partial charge in [0.2, 0.25) is 0 Å². The maximum absolute atomic E-state index is 6.06. The first-order valence-corrected chi connectivity index (χ1v) is 6.75. The number of aromatic nitrogens is 1. The Kier molecular flexibility index (Phi) is 3.55. The van der Waals surface area contributed by atoms with E-state index >= 15 is 0 Å². The molecule has 96 valence electrons. The molecule has 1 fully saturated rings. The predicted octanol–water partition coefficient (Wildman–Crippen LogP) is 2.63. The molecule has 0 spiro atoms. The Balaban J connectivity index is 1.72. The number of halogens is 1. The van der Waals surface area contributed by atoms with Crippen molar-refractivity contribution in [1.29, 1.82) is 0 Å². The van der Waals surface area contributed by atoms with Crippen molar-refractivity contribution in [2.75, 3.05) is 32.8 Å². The van der Waals surface area contributed by atoms with Crippen LogP contribution >= 0.6 is 11.6 Å². The van der Waals surface area contributed by atoms with Crippen molar-refractivity contribution in [3.8, 4) is 0 Å². The molecule has 0 atom stereocenters. The molecule has 3 nitrogen and oxygen atoms in total. The van der Waals surface area contributed by atoms with Gasteiger partial charge >= 0.3 is 0 Å². The van der Waals surface area contributed by atoms with Crippen LogP contribution < -0.4 is 0 Å². The summed E-state index contributed by atoms with van der Waals surface area (Å²) in [6, 6.07) is 8.19. The molecule has 0 aliphatic carbocycles. The van der Waals surface area contributed by atoms with E-state index in [2.05, 4.69) is 27.8 Å². The molecule has 2 aromatic rings. The van der Waals surface area contributed by atoms with E-state index in [-0.39, 0.29) is 0 Å². The standard InChI is InChI=1S/C14H17ClN2O/c15-13-2-1-12-3-4-17(14(12)11-13)6-5-16-7-9-18-10-8-16/h1-4,11H,5-10H2. The van der Waals surface area contributed by atoms with Crippen LogP contribution in [0, 0.1) is 0 Å². The molecule has 0 bridgehead atoms. The second kappa shape index (κ2) is 5.31. The van der Waals surface area contributed by atoms with Gasteiger partial charge in [-0.05, 0) is 23.6 Å². The summed E-state index contributed by atoms with van der Waals surface area (Å²) < 4.78 is 7.63. The molecule has 0 unspecified atom stereocenters. The van der Waals surface area contributed by atoms with Crippen LogP contribution in [0.4, 0.5) is 0 Å². The molecule has 1 aromatic carbocycles. The van der Waals surface area contributed by atoms with Gasteiger partial charge in [0, 0.05) is 42.9 Å². The summed E-state index contributed by atoms with van der Waals surface area (Å²) >= 11 is 6.06. The van der Waals surface area contributed by atoms with Gasteiger partial charge in [0.1, 0.15) is 0 Å². The number of hydrogen-bond donors (Lipinski definition) is 0. The molecule has 1 aliphatic heterocycles. The van der Waals surface area contributed by atoms with Crippen LogP contribution in [-0.4, -0.2) is 42.3 Å². The van der Waals surface area contributed by atoms with Crippen molar-refractivity contribution in [2.24, 2.45) is 0 Å². The van der Waals surface area contributed by atoms with Crippen molar-refractivity contribution >= 4 is 22.5 Å². The third-order valence-corrected chi connectivity index (χ3v) is 3.73. The first-order valence-electron chi connectivity index (χ1n) is 6.37. The van der Waals surface area contributed by atoms with Gasteiger partial charge in [-0.25, -0.2) is 0 Å². The molecule has 0 amide bonds. The second-order valence-electron chi connectivity index (χ2n) is 4.67. The summed E-state index contributed by atoms with van der Waals surface area (Å²) in [6.07, 6.45) is 2.14. The van der Waals surface area contributed by atoms with Crippen LogP contribution in [0.3, 0.4) is 0 Å². The van der Waals surface area contributed by atoms with Gasteiger partial charge in [0.05, 0.1) is 13.2 Å². The number of benzene rings is 1. The highest BCUT2D eigenvalue weighted by Crippen LogP contribution is 2.20. The third kappa shape index (κ3) is 2.53. The Labute approximate surface area is 112 Å². The van der Waals surface area contributed by atoms with E-state index in [0.29, 0.717) is 0 Å². The predicted molar refractivity (Wildman–Crippen MR) is 74.2 cm³/mol. The lowest BCUT2D eigenvalue weighted by Crippen LogP contribution is -2.38. The molecule has 2 heterocycles. The van der Waals surface area contributed by atoms with Gasteiger partial charge in [-0.3, -0.25) is 4.90 Å². The molecule has 3 rings (SSSR count). The Bertz CT molecular complexity index is 532. The second-order valence-corrected chi connectivity index (χ2v) is 5.10. The number of nitrogens with zero attached hydrogens (tertiary/aromatic N) is 2. The van der Waals surface area contributed by atoms with Crippen molar-refractivity contribution in [2.45, 2.75) is 6.54 Å². The molecule has 18 heavy (non-hydrogen) atoms. The summed E-state index contributed by atoms with van der Waals surface area (Å²) in [5.41, 5.74) is 1.22. The van der Waals surface area contributed by atoms with E-state index in [1.807, 2.05) is 12.1 Å². The molecular formula is C14H17ClN2O. The molecule has 0 N–H and O–H groups in total. The zero-order chi connectivity index (χ0) is 12.4. The lowest BCUT2D eigenvalue weighted by molar-refractivity contribution is 0.0365. The topological polar surface area (TPSA) is 17.4 Å². The molecular weight excluding hydrogens is 248 g/mol. The zero-order valence-corrected chi connectivity index (χ0v) is 11.1. The van der Waals surface area contributed by atoms with Crippen molar-refractivity contribution in [3.05, 3.63) is 35.5 Å². The molecule has 1 aromatic heterocycles. The van der Waals surface area contributed by atoms with Crippen molar-refractivity contribution in [1.82, 2.24) is 9.47 Å². The fourth-order valence-corrected chi connectivity index (χ4v) is 2.59. The first-order chi connectivity index (χ1) is 8.83. The average molecular weight is 265 g/mol. The van der Waals surface area contributed by atoms with Gasteiger partial charge in [-0.15, -0.1) is 0 Å². The zero-order valence-electron chi connectivity index (χ0n) is 10.3. The minimum atomic E-state index is 0.800. The number of ether oxygens (including phenoxy) is 1. The van der Waals surface area contributed by atoms with Crippen molar-refractivity contribution < 1.29 is 4.74 Å². The van der Waals surface area contributed by atoms with Gasteiger partial charge in [-0.2, -0.15) is 0 Å². The molecule has 1 saturated heterocycles. The van der Waals surface area contributed by atoms with Crippen LogP contribution in [0.5, 0.6) is 0 Å². The highest BCUT2D eigenvalue weighted by molar-refractivity contribution is 6.31. The number of rotatable bonds is 3. The molecule has 4 heteroatoms. The Morgan fingerprint density at radius 3 is 2.78 bits per heavy atom. The smallest absolute Gasteiger partial charge is 0.0594 e. The van der Waals surface area contributed by atoms with Gasteiger partial charge in [0.15, 0.2) is 0 Å². The van der Waals surface area contributed by atoms with Crippen LogP contribution in [0.2, 0.25) is 5.02 Å². The third-order valence-electron chi connectivity index (χ3n) is 3.50. The number of fused-ring (bicyclic) bond motifs is 1. The van der Waals surface area contributed by atoms with E-state index in [9.17, 15) is 0 Å². The number of hydrogen-bond acceptors (Lipinski definition) is 2. The fourth-order valence-electron chi connectivity index (χ4n) is 2.43. The maximum atomic E-state index is 6.06. The SMILES string of the molecule is Clc1ccc2ccn(CCN3CCOCC3)c2c1. The van der Waals surface area contributed by atoms with Crippen LogP contribution in [0.1, 0.15) is 0 Å². The molecule has 1 aliphatic rings. The fraction of sp³-hybridized carbons (Fsp3) is 0.429. The Morgan fingerprint density at radius 1 is 1.11 bits per heavy atom. The number of morpholine rings is 1. The van der Waals surface area contributed by atoms with Crippen LogP contribution in [0.25, 0.3) is 10.9 Å². The van der Waals surface area contributed by atoms with Gasteiger partial charge in [-0.1, -0.05) is 17.7 Å². The normalized spacial score (nSPS) is 17.4. The Morgan fingerprint density at radius 2 is 1.94 bits per heavy atom. The minimum absolute atomic E-state index is 0.800. The largest absolute Gasteiger partial charge is 0.379 e. The summed E-state index contributed by atoms with van der Waals surface area (Å²) in [5.74, 6) is 0. The lowest BCUT2D eigenvalue weighted by atomic mass is 10.2. The first kappa shape index (κ1) is 12.0. The quantitative estimate of drug-likeness (QED) is 0.848. The maximum Gasteiger partial charge on any atom is 0.0594 e. The van der Waals surface area contributed by atoms with E-state index in [4.69, 9.17) is 16.3 Å². The molecule has 0 radical (unpaired) electrons. The highest BCUT2D eigenvalue weighted by Gasteiger charge is 2.10. The van der Waals surface area contributed by atoms with E-state index in [1.165, 1.54) is 10.9 Å².